The zero-order valence-electron chi connectivity index (χ0n) is 9.57. The number of nitrogens with one attached hydrogen (secondary N) is 1. The summed E-state index contributed by atoms with van der Waals surface area (Å²) in [7, 11) is 0. The predicted octanol–water partition coefficient (Wildman–Crippen LogP) is 2.08. The Morgan fingerprint density at radius 3 is 2.43 bits per heavy atom. The number of nitrogens with zero attached hydrogens (tertiary/aromatic N) is 2. The highest BCUT2D eigenvalue weighted by molar-refractivity contribution is 4.83. The molecule has 1 aromatic heterocycles. The van der Waals surface area contributed by atoms with Crippen LogP contribution in [0.1, 0.15) is 33.7 Å². The van der Waals surface area contributed by atoms with E-state index in [1.807, 2.05) is 23.1 Å². The molecule has 1 heterocycles. The fourth-order valence-corrected chi connectivity index (χ4v) is 1.47. The molecule has 80 valence electrons. The molecule has 3 heteroatoms. The minimum Gasteiger partial charge on any atom is -0.312 e. The maximum atomic E-state index is 4.29. The lowest BCUT2D eigenvalue weighted by Crippen LogP contribution is -2.33. The Labute approximate surface area is 86.5 Å². The summed E-state index contributed by atoms with van der Waals surface area (Å²) in [5, 5.41) is 7.75. The highest BCUT2D eigenvalue weighted by atomic mass is 15.3. The van der Waals surface area contributed by atoms with Crippen molar-refractivity contribution in [2.75, 3.05) is 6.54 Å². The van der Waals surface area contributed by atoms with Crippen LogP contribution >= 0.6 is 0 Å². The van der Waals surface area contributed by atoms with Gasteiger partial charge >= 0.3 is 0 Å². The fourth-order valence-electron chi connectivity index (χ4n) is 1.47. The van der Waals surface area contributed by atoms with Crippen molar-refractivity contribution in [1.82, 2.24) is 15.1 Å². The summed E-state index contributed by atoms with van der Waals surface area (Å²) in [5.41, 5.74) is 0. The van der Waals surface area contributed by atoms with Crippen LogP contribution < -0.4 is 5.32 Å². The van der Waals surface area contributed by atoms with Crippen LogP contribution in [0.25, 0.3) is 0 Å². The molecule has 0 aliphatic rings. The Kier molecular flexibility index (Phi) is 4.14. The Hall–Kier alpha value is -0.830. The maximum absolute atomic E-state index is 4.29. The molecule has 1 rings (SSSR count). The first kappa shape index (κ1) is 11.2. The van der Waals surface area contributed by atoms with Crippen molar-refractivity contribution in [3.05, 3.63) is 18.5 Å². The van der Waals surface area contributed by atoms with Crippen LogP contribution in [-0.2, 0) is 0 Å². The van der Waals surface area contributed by atoms with Crippen LogP contribution in [0.3, 0.4) is 0 Å². The molecule has 14 heavy (non-hydrogen) atoms. The zero-order valence-corrected chi connectivity index (χ0v) is 9.57. The van der Waals surface area contributed by atoms with Gasteiger partial charge in [0.25, 0.3) is 0 Å². The first-order valence-electron chi connectivity index (χ1n) is 5.33. The lowest BCUT2D eigenvalue weighted by molar-refractivity contribution is 0.321. The quantitative estimate of drug-likeness (QED) is 0.779. The molecule has 1 atom stereocenters. The predicted molar refractivity (Wildman–Crippen MR) is 59.2 cm³/mol. The molecule has 1 unspecified atom stereocenters. The summed E-state index contributed by atoms with van der Waals surface area (Å²) in [4.78, 5) is 0. The van der Waals surface area contributed by atoms with Crippen molar-refractivity contribution in [3.63, 3.8) is 0 Å². The third kappa shape index (κ3) is 3.14. The van der Waals surface area contributed by atoms with E-state index >= 15 is 0 Å². The van der Waals surface area contributed by atoms with Gasteiger partial charge in [0.15, 0.2) is 0 Å². The summed E-state index contributed by atoms with van der Waals surface area (Å²) >= 11 is 0. The standard InChI is InChI=1S/C11H21N3/c1-9(2)11(8-12-10(3)4)14-7-5-6-13-14/h5-7,9-12H,8H2,1-4H3. The van der Waals surface area contributed by atoms with Gasteiger partial charge in [-0.1, -0.05) is 27.7 Å². The molecule has 0 amide bonds. The van der Waals surface area contributed by atoms with E-state index in [1.54, 1.807) is 0 Å². The number of aromatic nitrogens is 2. The van der Waals surface area contributed by atoms with E-state index < -0.39 is 0 Å². The first-order chi connectivity index (χ1) is 6.61. The van der Waals surface area contributed by atoms with Gasteiger partial charge in [-0.25, -0.2) is 0 Å². The van der Waals surface area contributed by atoms with Gasteiger partial charge < -0.3 is 5.32 Å². The third-order valence-electron chi connectivity index (χ3n) is 2.37. The lowest BCUT2D eigenvalue weighted by Gasteiger charge is -2.23. The summed E-state index contributed by atoms with van der Waals surface area (Å²) in [6.45, 7) is 9.78. The second-order valence-electron chi connectivity index (χ2n) is 4.36. The van der Waals surface area contributed by atoms with Gasteiger partial charge in [0.2, 0.25) is 0 Å². The maximum Gasteiger partial charge on any atom is 0.0666 e. The number of hydrogen-bond donors (Lipinski definition) is 1. The Balaban J connectivity index is 2.57. The molecule has 0 bridgehead atoms. The van der Waals surface area contributed by atoms with Crippen LogP contribution in [-0.4, -0.2) is 22.4 Å². The fraction of sp³-hybridized carbons (Fsp3) is 0.727. The molecular weight excluding hydrogens is 174 g/mol. The molecule has 0 saturated carbocycles. The van der Waals surface area contributed by atoms with Crippen molar-refractivity contribution in [2.45, 2.75) is 39.8 Å². The average Bonchev–Trinajstić information content (AvgIpc) is 2.56. The minimum absolute atomic E-state index is 0.451. The van der Waals surface area contributed by atoms with E-state index in [2.05, 4.69) is 38.1 Å². The highest BCUT2D eigenvalue weighted by Crippen LogP contribution is 2.15. The van der Waals surface area contributed by atoms with Crippen LogP contribution in [0.4, 0.5) is 0 Å². The van der Waals surface area contributed by atoms with Crippen LogP contribution in [0, 0.1) is 5.92 Å². The van der Waals surface area contributed by atoms with E-state index in [0.29, 0.717) is 18.0 Å². The number of rotatable bonds is 5. The molecule has 0 radical (unpaired) electrons. The van der Waals surface area contributed by atoms with Gasteiger partial charge in [-0.3, -0.25) is 4.68 Å². The van der Waals surface area contributed by atoms with Crippen LogP contribution in [0.5, 0.6) is 0 Å². The zero-order chi connectivity index (χ0) is 10.6. The monoisotopic (exact) mass is 195 g/mol. The van der Waals surface area contributed by atoms with Gasteiger partial charge in [0.1, 0.15) is 0 Å². The van der Waals surface area contributed by atoms with Crippen LogP contribution in [0.15, 0.2) is 18.5 Å². The van der Waals surface area contributed by atoms with E-state index in [4.69, 9.17) is 0 Å². The molecule has 0 aromatic carbocycles. The van der Waals surface area contributed by atoms with Gasteiger partial charge in [-0.05, 0) is 12.0 Å². The van der Waals surface area contributed by atoms with Crippen molar-refractivity contribution in [2.24, 2.45) is 5.92 Å². The van der Waals surface area contributed by atoms with Crippen molar-refractivity contribution in [3.8, 4) is 0 Å². The Bertz CT molecular complexity index is 239. The second kappa shape index (κ2) is 5.15. The third-order valence-corrected chi connectivity index (χ3v) is 2.37. The normalized spacial score (nSPS) is 13.9. The minimum atomic E-state index is 0.451. The molecule has 0 saturated heterocycles. The van der Waals surface area contributed by atoms with E-state index in [9.17, 15) is 0 Å². The van der Waals surface area contributed by atoms with E-state index in [0.717, 1.165) is 6.54 Å². The molecule has 3 nitrogen and oxygen atoms in total. The van der Waals surface area contributed by atoms with Crippen molar-refractivity contribution < 1.29 is 0 Å². The summed E-state index contributed by atoms with van der Waals surface area (Å²) in [5.74, 6) is 0.598. The molecule has 0 aliphatic heterocycles. The Morgan fingerprint density at radius 2 is 2.00 bits per heavy atom. The lowest BCUT2D eigenvalue weighted by atomic mass is 10.0. The molecule has 0 spiro atoms. The first-order valence-corrected chi connectivity index (χ1v) is 5.33. The van der Waals surface area contributed by atoms with E-state index in [1.165, 1.54) is 0 Å². The number of hydrogen-bond acceptors (Lipinski definition) is 2. The van der Waals surface area contributed by atoms with E-state index in [-0.39, 0.29) is 0 Å². The topological polar surface area (TPSA) is 29.9 Å². The smallest absolute Gasteiger partial charge is 0.0666 e. The van der Waals surface area contributed by atoms with Crippen molar-refractivity contribution >= 4 is 0 Å². The molecule has 1 aromatic rings. The Morgan fingerprint density at radius 1 is 1.29 bits per heavy atom. The second-order valence-corrected chi connectivity index (χ2v) is 4.36. The average molecular weight is 195 g/mol. The van der Waals surface area contributed by atoms with Crippen LogP contribution in [0.2, 0.25) is 0 Å². The molecule has 1 N–H and O–H groups in total. The SMILES string of the molecule is CC(C)NCC(C(C)C)n1cccn1. The van der Waals surface area contributed by atoms with Gasteiger partial charge in [0, 0.05) is 25.0 Å². The molecule has 0 aliphatic carbocycles. The van der Waals surface area contributed by atoms with Gasteiger partial charge in [-0.2, -0.15) is 5.10 Å². The summed E-state index contributed by atoms with van der Waals surface area (Å²) in [6, 6.07) is 2.96. The highest BCUT2D eigenvalue weighted by Gasteiger charge is 2.15. The van der Waals surface area contributed by atoms with Gasteiger partial charge in [-0.15, -0.1) is 0 Å². The largest absolute Gasteiger partial charge is 0.312 e. The van der Waals surface area contributed by atoms with Gasteiger partial charge in [0.05, 0.1) is 6.04 Å². The summed E-state index contributed by atoms with van der Waals surface area (Å²) < 4.78 is 2.04. The molecule has 0 fully saturated rings. The van der Waals surface area contributed by atoms with Crippen molar-refractivity contribution in [1.29, 1.82) is 0 Å². The molecular formula is C11H21N3. The summed E-state index contributed by atoms with van der Waals surface area (Å²) in [6.07, 6.45) is 3.87.